The molecule has 152 valence electrons. The highest BCUT2D eigenvalue weighted by molar-refractivity contribution is 5.45. The summed E-state index contributed by atoms with van der Waals surface area (Å²) in [6.07, 6.45) is 1.82. The van der Waals surface area contributed by atoms with Gasteiger partial charge in [0.05, 0.1) is 12.8 Å². The second-order valence-electron chi connectivity index (χ2n) is 7.70. The Labute approximate surface area is 171 Å². The lowest BCUT2D eigenvalue weighted by atomic mass is 9.73. The Kier molecular flexibility index (Phi) is 5.49. The van der Waals surface area contributed by atoms with Crippen molar-refractivity contribution in [3.8, 4) is 11.4 Å². The Balaban J connectivity index is 1.64. The molecule has 7 heteroatoms. The molecule has 1 aromatic heterocycles. The molecule has 3 aromatic rings. The number of nitrogens with zero attached hydrogens (tertiary/aromatic N) is 4. The third-order valence-corrected chi connectivity index (χ3v) is 5.71. The number of nitrogens with one attached hydrogen (secondary N) is 1. The summed E-state index contributed by atoms with van der Waals surface area (Å²) in [7, 11) is 1.73. The SMILES string of the molecule is COc1ccc(C)cc1C1(CNc2nnnn2-c2ccc(C)cc2)CCOCC1. The molecule has 0 bridgehead atoms. The molecule has 1 N–H and O–H groups in total. The van der Waals surface area contributed by atoms with E-state index < -0.39 is 0 Å². The zero-order valence-corrected chi connectivity index (χ0v) is 17.2. The number of hydrogen-bond acceptors (Lipinski definition) is 6. The Morgan fingerprint density at radius 3 is 2.52 bits per heavy atom. The third-order valence-electron chi connectivity index (χ3n) is 5.71. The highest BCUT2D eigenvalue weighted by atomic mass is 16.5. The van der Waals surface area contributed by atoms with Crippen molar-refractivity contribution >= 4 is 5.95 Å². The molecule has 2 aromatic carbocycles. The fourth-order valence-corrected chi connectivity index (χ4v) is 3.95. The molecule has 1 fully saturated rings. The first kappa shape index (κ1) is 19.4. The van der Waals surface area contributed by atoms with Crippen molar-refractivity contribution < 1.29 is 9.47 Å². The molecule has 2 heterocycles. The first-order valence-corrected chi connectivity index (χ1v) is 9.93. The first-order chi connectivity index (χ1) is 14.1. The number of anilines is 1. The van der Waals surface area contributed by atoms with Gasteiger partial charge >= 0.3 is 0 Å². The maximum Gasteiger partial charge on any atom is 0.247 e. The maximum atomic E-state index is 5.71. The molecule has 0 spiro atoms. The minimum Gasteiger partial charge on any atom is -0.496 e. The van der Waals surface area contributed by atoms with Crippen molar-refractivity contribution in [2.45, 2.75) is 32.1 Å². The van der Waals surface area contributed by atoms with Crippen molar-refractivity contribution in [2.75, 3.05) is 32.2 Å². The number of hydrogen-bond donors (Lipinski definition) is 1. The highest BCUT2D eigenvalue weighted by Crippen LogP contribution is 2.40. The number of tetrazole rings is 1. The predicted molar refractivity (Wildman–Crippen MR) is 112 cm³/mol. The van der Waals surface area contributed by atoms with E-state index in [2.05, 4.69) is 65.0 Å². The average molecular weight is 393 g/mol. The van der Waals surface area contributed by atoms with Crippen molar-refractivity contribution in [1.29, 1.82) is 0 Å². The summed E-state index contributed by atoms with van der Waals surface area (Å²) in [5.74, 6) is 1.55. The topological polar surface area (TPSA) is 74.1 Å². The van der Waals surface area contributed by atoms with Gasteiger partial charge in [-0.05, 0) is 55.3 Å². The van der Waals surface area contributed by atoms with Crippen LogP contribution in [-0.4, -0.2) is 47.1 Å². The van der Waals surface area contributed by atoms with Crippen LogP contribution in [0.5, 0.6) is 5.75 Å². The summed E-state index contributed by atoms with van der Waals surface area (Å²) in [5.41, 5.74) is 4.45. The van der Waals surface area contributed by atoms with Gasteiger partial charge in [-0.25, -0.2) is 0 Å². The molecule has 29 heavy (non-hydrogen) atoms. The standard InChI is InChI=1S/C22H27N5O2/c1-16-4-7-18(8-5-16)27-21(24-25-26-27)23-15-22(10-12-29-13-11-22)19-14-17(2)6-9-20(19)28-3/h4-9,14H,10-13,15H2,1-3H3,(H,23,24,26). The fourth-order valence-electron chi connectivity index (χ4n) is 3.95. The number of aryl methyl sites for hydroxylation is 2. The zero-order chi connectivity index (χ0) is 20.3. The monoisotopic (exact) mass is 393 g/mol. The number of ether oxygens (including phenoxy) is 2. The van der Waals surface area contributed by atoms with E-state index in [0.29, 0.717) is 12.5 Å². The van der Waals surface area contributed by atoms with E-state index in [9.17, 15) is 0 Å². The van der Waals surface area contributed by atoms with Gasteiger partial charge in [-0.2, -0.15) is 4.68 Å². The van der Waals surface area contributed by atoms with E-state index in [1.165, 1.54) is 16.7 Å². The minimum absolute atomic E-state index is 0.111. The number of methoxy groups -OCH3 is 1. The third kappa shape index (κ3) is 3.96. The molecular weight excluding hydrogens is 366 g/mol. The van der Waals surface area contributed by atoms with E-state index in [1.54, 1.807) is 11.8 Å². The Morgan fingerprint density at radius 2 is 1.79 bits per heavy atom. The maximum absolute atomic E-state index is 5.71. The van der Waals surface area contributed by atoms with Gasteiger partial charge in [0, 0.05) is 30.7 Å². The normalized spacial score (nSPS) is 15.8. The van der Waals surface area contributed by atoms with Crippen LogP contribution in [0, 0.1) is 13.8 Å². The summed E-state index contributed by atoms with van der Waals surface area (Å²) < 4.78 is 13.1. The smallest absolute Gasteiger partial charge is 0.247 e. The van der Waals surface area contributed by atoms with E-state index in [1.807, 2.05) is 12.1 Å². The van der Waals surface area contributed by atoms with Crippen molar-refractivity contribution in [3.63, 3.8) is 0 Å². The van der Waals surface area contributed by atoms with Gasteiger partial charge in [-0.1, -0.05) is 40.5 Å². The summed E-state index contributed by atoms with van der Waals surface area (Å²) >= 11 is 0. The van der Waals surface area contributed by atoms with Crippen LogP contribution in [0.1, 0.15) is 29.5 Å². The van der Waals surface area contributed by atoms with E-state index in [-0.39, 0.29) is 5.41 Å². The average Bonchev–Trinajstić information content (AvgIpc) is 3.22. The molecule has 0 amide bonds. The van der Waals surface area contributed by atoms with Crippen LogP contribution in [0.15, 0.2) is 42.5 Å². The molecular formula is C22H27N5O2. The van der Waals surface area contributed by atoms with Crippen molar-refractivity contribution in [3.05, 3.63) is 59.2 Å². The van der Waals surface area contributed by atoms with Crippen LogP contribution in [-0.2, 0) is 10.2 Å². The molecule has 0 atom stereocenters. The Bertz CT molecular complexity index is 962. The second-order valence-corrected chi connectivity index (χ2v) is 7.70. The van der Waals surface area contributed by atoms with Crippen LogP contribution < -0.4 is 10.1 Å². The molecule has 1 aliphatic rings. The molecule has 0 aliphatic carbocycles. The Morgan fingerprint density at radius 1 is 1.07 bits per heavy atom. The number of benzene rings is 2. The molecule has 1 aliphatic heterocycles. The van der Waals surface area contributed by atoms with E-state index in [4.69, 9.17) is 9.47 Å². The molecule has 7 nitrogen and oxygen atoms in total. The van der Waals surface area contributed by atoms with Crippen LogP contribution >= 0.6 is 0 Å². The van der Waals surface area contributed by atoms with Gasteiger partial charge in [-0.15, -0.1) is 0 Å². The molecule has 1 saturated heterocycles. The summed E-state index contributed by atoms with van der Waals surface area (Å²) in [6.45, 7) is 6.32. The van der Waals surface area contributed by atoms with Gasteiger partial charge in [0.2, 0.25) is 5.95 Å². The number of rotatable bonds is 6. The highest BCUT2D eigenvalue weighted by Gasteiger charge is 2.37. The van der Waals surface area contributed by atoms with Crippen molar-refractivity contribution in [1.82, 2.24) is 20.2 Å². The summed E-state index contributed by atoms with van der Waals surface area (Å²) in [4.78, 5) is 0. The molecule has 0 radical (unpaired) electrons. The van der Waals surface area contributed by atoms with E-state index in [0.717, 1.165) is 37.5 Å². The van der Waals surface area contributed by atoms with Gasteiger partial charge in [0.25, 0.3) is 0 Å². The zero-order valence-electron chi connectivity index (χ0n) is 17.2. The minimum atomic E-state index is -0.111. The largest absolute Gasteiger partial charge is 0.496 e. The van der Waals surface area contributed by atoms with Crippen LogP contribution in [0.2, 0.25) is 0 Å². The van der Waals surface area contributed by atoms with Gasteiger partial charge in [-0.3, -0.25) is 0 Å². The lowest BCUT2D eigenvalue weighted by Crippen LogP contribution is -2.40. The van der Waals surface area contributed by atoms with Crippen LogP contribution in [0.4, 0.5) is 5.95 Å². The summed E-state index contributed by atoms with van der Waals surface area (Å²) in [5, 5.41) is 15.8. The molecule has 0 saturated carbocycles. The molecule has 4 rings (SSSR count). The lowest BCUT2D eigenvalue weighted by Gasteiger charge is -2.38. The van der Waals surface area contributed by atoms with Gasteiger partial charge in [0.15, 0.2) is 0 Å². The summed E-state index contributed by atoms with van der Waals surface area (Å²) in [6, 6.07) is 14.5. The Hall–Kier alpha value is -2.93. The lowest BCUT2D eigenvalue weighted by molar-refractivity contribution is 0.0535. The van der Waals surface area contributed by atoms with Crippen LogP contribution in [0.3, 0.4) is 0 Å². The quantitative estimate of drug-likeness (QED) is 0.691. The first-order valence-electron chi connectivity index (χ1n) is 9.93. The van der Waals surface area contributed by atoms with Gasteiger partial charge < -0.3 is 14.8 Å². The number of aromatic nitrogens is 4. The van der Waals surface area contributed by atoms with Crippen molar-refractivity contribution in [2.24, 2.45) is 0 Å². The molecule has 0 unspecified atom stereocenters. The van der Waals surface area contributed by atoms with E-state index >= 15 is 0 Å². The predicted octanol–water partition coefficient (Wildman–Crippen LogP) is 3.45. The van der Waals surface area contributed by atoms with Gasteiger partial charge in [0.1, 0.15) is 5.75 Å². The fraction of sp³-hybridized carbons (Fsp3) is 0.409. The second kappa shape index (κ2) is 8.21. The van der Waals surface area contributed by atoms with Crippen LogP contribution in [0.25, 0.3) is 5.69 Å².